The lowest BCUT2D eigenvalue weighted by Crippen LogP contribution is -2.38. The van der Waals surface area contributed by atoms with Gasteiger partial charge in [0.1, 0.15) is 5.82 Å². The molecular formula is C21H29N5O. The summed E-state index contributed by atoms with van der Waals surface area (Å²) in [5.41, 5.74) is 1.69. The summed E-state index contributed by atoms with van der Waals surface area (Å²) >= 11 is 0. The molecule has 1 saturated carbocycles. The van der Waals surface area contributed by atoms with Gasteiger partial charge in [-0.3, -0.25) is 4.79 Å². The van der Waals surface area contributed by atoms with Crippen molar-refractivity contribution < 1.29 is 4.79 Å². The Morgan fingerprint density at radius 1 is 1.11 bits per heavy atom. The van der Waals surface area contributed by atoms with E-state index >= 15 is 0 Å². The molecule has 1 aliphatic rings. The molecule has 0 bridgehead atoms. The van der Waals surface area contributed by atoms with Gasteiger partial charge in [0.05, 0.1) is 0 Å². The summed E-state index contributed by atoms with van der Waals surface area (Å²) in [6, 6.07) is 11.7. The molecule has 6 heteroatoms. The van der Waals surface area contributed by atoms with Crippen molar-refractivity contribution in [2.24, 2.45) is 5.92 Å². The van der Waals surface area contributed by atoms with E-state index in [2.05, 4.69) is 20.6 Å². The zero-order chi connectivity index (χ0) is 19.2. The fourth-order valence-corrected chi connectivity index (χ4v) is 3.46. The number of aryl methyl sites for hydroxylation is 1. The molecule has 2 aromatic rings. The SMILES string of the molecule is Cc1cc(N(C)C)nc(NC[C@H]2CC[C@@H](NC(=O)c3ccccc3)CC2)n1. The number of hydrogen-bond acceptors (Lipinski definition) is 5. The Hall–Kier alpha value is -2.63. The normalized spacial score (nSPS) is 19.4. The molecule has 3 rings (SSSR count). The molecular weight excluding hydrogens is 338 g/mol. The van der Waals surface area contributed by atoms with E-state index in [1.165, 1.54) is 0 Å². The summed E-state index contributed by atoms with van der Waals surface area (Å²) in [6.45, 7) is 2.86. The third kappa shape index (κ3) is 5.42. The number of nitrogens with one attached hydrogen (secondary N) is 2. The van der Waals surface area contributed by atoms with Gasteiger partial charge in [-0.15, -0.1) is 0 Å². The van der Waals surface area contributed by atoms with Crippen molar-refractivity contribution in [2.75, 3.05) is 30.9 Å². The monoisotopic (exact) mass is 367 g/mol. The van der Waals surface area contributed by atoms with Crippen LogP contribution in [0.2, 0.25) is 0 Å². The van der Waals surface area contributed by atoms with Crippen molar-refractivity contribution in [3.63, 3.8) is 0 Å². The Bertz CT molecular complexity index is 754. The third-order valence-corrected chi connectivity index (χ3v) is 5.07. The van der Waals surface area contributed by atoms with Gasteiger partial charge in [0, 0.05) is 44.0 Å². The number of benzene rings is 1. The zero-order valence-corrected chi connectivity index (χ0v) is 16.4. The van der Waals surface area contributed by atoms with Gasteiger partial charge in [0.2, 0.25) is 5.95 Å². The van der Waals surface area contributed by atoms with Gasteiger partial charge in [-0.2, -0.15) is 4.98 Å². The second kappa shape index (κ2) is 8.84. The summed E-state index contributed by atoms with van der Waals surface area (Å²) in [4.78, 5) is 23.3. The smallest absolute Gasteiger partial charge is 0.251 e. The highest BCUT2D eigenvalue weighted by atomic mass is 16.1. The van der Waals surface area contributed by atoms with Crippen LogP contribution in [0.4, 0.5) is 11.8 Å². The molecule has 0 radical (unpaired) electrons. The summed E-state index contributed by atoms with van der Waals surface area (Å²) in [7, 11) is 3.97. The van der Waals surface area contributed by atoms with E-state index in [0.29, 0.717) is 11.9 Å². The molecule has 1 aliphatic carbocycles. The largest absolute Gasteiger partial charge is 0.363 e. The van der Waals surface area contributed by atoms with Crippen LogP contribution >= 0.6 is 0 Å². The van der Waals surface area contributed by atoms with Crippen molar-refractivity contribution in [3.05, 3.63) is 47.7 Å². The molecule has 1 aromatic heterocycles. The molecule has 2 N–H and O–H groups in total. The molecule has 0 saturated heterocycles. The van der Waals surface area contributed by atoms with Crippen LogP contribution in [-0.4, -0.2) is 42.6 Å². The van der Waals surface area contributed by atoms with Gasteiger partial charge >= 0.3 is 0 Å². The summed E-state index contributed by atoms with van der Waals surface area (Å²) < 4.78 is 0. The van der Waals surface area contributed by atoms with E-state index in [1.807, 2.05) is 62.3 Å². The fourth-order valence-electron chi connectivity index (χ4n) is 3.46. The molecule has 0 atom stereocenters. The maximum absolute atomic E-state index is 12.3. The lowest BCUT2D eigenvalue weighted by molar-refractivity contribution is 0.0922. The fraction of sp³-hybridized carbons (Fsp3) is 0.476. The average molecular weight is 367 g/mol. The second-order valence-electron chi connectivity index (χ2n) is 7.52. The number of carbonyl (C=O) groups excluding carboxylic acids is 1. The summed E-state index contributed by atoms with van der Waals surface area (Å²) in [6.07, 6.45) is 4.23. The first kappa shape index (κ1) is 19.1. The summed E-state index contributed by atoms with van der Waals surface area (Å²) in [5, 5.41) is 6.56. The van der Waals surface area contributed by atoms with E-state index in [-0.39, 0.29) is 11.9 Å². The van der Waals surface area contributed by atoms with Crippen LogP contribution < -0.4 is 15.5 Å². The van der Waals surface area contributed by atoms with E-state index in [1.54, 1.807) is 0 Å². The minimum Gasteiger partial charge on any atom is -0.363 e. The van der Waals surface area contributed by atoms with Crippen LogP contribution in [0.25, 0.3) is 0 Å². The molecule has 0 unspecified atom stereocenters. The standard InChI is InChI=1S/C21H29N5O/c1-15-13-19(26(2)3)25-21(23-15)22-14-16-9-11-18(12-10-16)24-20(27)17-7-5-4-6-8-17/h4-8,13,16,18H,9-12,14H2,1-3H3,(H,24,27)(H,22,23,25)/t16-,18+. The van der Waals surface area contributed by atoms with Crippen LogP contribution in [0.3, 0.4) is 0 Å². The highest BCUT2D eigenvalue weighted by molar-refractivity contribution is 5.94. The Kier molecular flexibility index (Phi) is 6.27. The van der Waals surface area contributed by atoms with Crippen molar-refractivity contribution in [1.82, 2.24) is 15.3 Å². The Morgan fingerprint density at radius 2 is 1.81 bits per heavy atom. The number of anilines is 2. The van der Waals surface area contributed by atoms with Gasteiger partial charge in [-0.1, -0.05) is 18.2 Å². The first-order valence-corrected chi connectivity index (χ1v) is 9.64. The minimum atomic E-state index is 0.0292. The lowest BCUT2D eigenvalue weighted by atomic mass is 9.86. The summed E-state index contributed by atoms with van der Waals surface area (Å²) in [5.74, 6) is 2.22. The van der Waals surface area contributed by atoms with E-state index < -0.39 is 0 Å². The maximum Gasteiger partial charge on any atom is 0.251 e. The Labute approximate surface area is 161 Å². The molecule has 27 heavy (non-hydrogen) atoms. The van der Waals surface area contributed by atoms with E-state index in [9.17, 15) is 4.79 Å². The molecule has 1 fully saturated rings. The van der Waals surface area contributed by atoms with Gasteiger partial charge < -0.3 is 15.5 Å². The molecule has 0 aliphatic heterocycles. The number of amides is 1. The Balaban J connectivity index is 1.45. The van der Waals surface area contributed by atoms with Crippen LogP contribution in [0.1, 0.15) is 41.7 Å². The van der Waals surface area contributed by atoms with E-state index in [4.69, 9.17) is 0 Å². The quantitative estimate of drug-likeness (QED) is 0.820. The topological polar surface area (TPSA) is 70.2 Å². The van der Waals surface area contributed by atoms with Crippen molar-refractivity contribution in [3.8, 4) is 0 Å². The number of rotatable bonds is 6. The highest BCUT2D eigenvalue weighted by Crippen LogP contribution is 2.25. The average Bonchev–Trinajstić information content (AvgIpc) is 2.67. The molecule has 1 heterocycles. The zero-order valence-electron chi connectivity index (χ0n) is 16.4. The van der Waals surface area contributed by atoms with Gasteiger partial charge in [0.15, 0.2) is 0 Å². The van der Waals surface area contributed by atoms with Crippen LogP contribution in [-0.2, 0) is 0 Å². The highest BCUT2D eigenvalue weighted by Gasteiger charge is 2.23. The van der Waals surface area contributed by atoms with Crippen molar-refractivity contribution in [1.29, 1.82) is 0 Å². The maximum atomic E-state index is 12.3. The van der Waals surface area contributed by atoms with Gasteiger partial charge in [-0.25, -0.2) is 4.98 Å². The van der Waals surface area contributed by atoms with Crippen LogP contribution in [0.15, 0.2) is 36.4 Å². The van der Waals surface area contributed by atoms with Gasteiger partial charge in [-0.05, 0) is 50.7 Å². The minimum absolute atomic E-state index is 0.0292. The first-order chi connectivity index (χ1) is 13.0. The van der Waals surface area contributed by atoms with E-state index in [0.717, 1.165) is 49.3 Å². The van der Waals surface area contributed by atoms with Crippen molar-refractivity contribution >= 4 is 17.7 Å². The third-order valence-electron chi connectivity index (χ3n) is 5.07. The molecule has 1 amide bonds. The van der Waals surface area contributed by atoms with Crippen molar-refractivity contribution in [2.45, 2.75) is 38.6 Å². The number of hydrogen-bond donors (Lipinski definition) is 2. The number of carbonyl (C=O) groups is 1. The van der Waals surface area contributed by atoms with Crippen LogP contribution in [0.5, 0.6) is 0 Å². The van der Waals surface area contributed by atoms with Crippen LogP contribution in [0, 0.1) is 12.8 Å². The predicted molar refractivity (Wildman–Crippen MR) is 109 cm³/mol. The second-order valence-corrected chi connectivity index (χ2v) is 7.52. The Morgan fingerprint density at radius 3 is 2.48 bits per heavy atom. The number of aromatic nitrogens is 2. The molecule has 0 spiro atoms. The molecule has 1 aromatic carbocycles. The predicted octanol–water partition coefficient (Wildman–Crippen LogP) is 3.25. The molecule has 6 nitrogen and oxygen atoms in total. The lowest BCUT2D eigenvalue weighted by Gasteiger charge is -2.29. The molecule has 144 valence electrons. The van der Waals surface area contributed by atoms with Gasteiger partial charge in [0.25, 0.3) is 5.91 Å². The first-order valence-electron chi connectivity index (χ1n) is 9.64. The number of nitrogens with zero attached hydrogens (tertiary/aromatic N) is 3.